The van der Waals surface area contributed by atoms with Crippen molar-refractivity contribution in [3.63, 3.8) is 0 Å². The summed E-state index contributed by atoms with van der Waals surface area (Å²) < 4.78 is 6.63. The number of rotatable bonds is 5. The molecular weight excluding hydrogens is 465 g/mol. The fourth-order valence-electron chi connectivity index (χ4n) is 3.11. The molecule has 0 radical (unpaired) electrons. The predicted molar refractivity (Wildman–Crippen MR) is 116 cm³/mol. The van der Waals surface area contributed by atoms with E-state index in [2.05, 4.69) is 27.6 Å². The maximum atomic E-state index is 13.4. The molecule has 0 saturated carbocycles. The topological polar surface area (TPSA) is 59.2 Å². The van der Waals surface area contributed by atoms with Crippen molar-refractivity contribution >= 4 is 45.2 Å². The second kappa shape index (κ2) is 7.98. The van der Waals surface area contributed by atoms with Gasteiger partial charge < -0.3 is 9.72 Å². The number of aromatic nitrogens is 1. The van der Waals surface area contributed by atoms with E-state index in [0.29, 0.717) is 16.7 Å². The third-order valence-corrected chi connectivity index (χ3v) is 5.15. The van der Waals surface area contributed by atoms with Gasteiger partial charge in [-0.25, -0.2) is 4.79 Å². The van der Waals surface area contributed by atoms with Crippen LogP contribution in [0.4, 0.5) is 0 Å². The minimum Gasteiger partial charge on any atom is -0.445 e. The zero-order valence-electron chi connectivity index (χ0n) is 14.8. The number of carbonyl (C=O) groups excluding carboxylic acids is 2. The second-order valence-corrected chi connectivity index (χ2v) is 7.56. The Morgan fingerprint density at radius 1 is 0.893 bits per heavy atom. The van der Waals surface area contributed by atoms with Crippen molar-refractivity contribution in [3.05, 3.63) is 105 Å². The Hall–Kier alpha value is -2.93. The molecule has 3 aromatic carbocycles. The first-order valence-corrected chi connectivity index (χ1v) is 9.83. The molecule has 0 amide bonds. The van der Waals surface area contributed by atoms with Gasteiger partial charge in [-0.2, -0.15) is 0 Å². The summed E-state index contributed by atoms with van der Waals surface area (Å²) in [5.41, 5.74) is 2.41. The molecule has 5 heteroatoms. The zero-order chi connectivity index (χ0) is 19.5. The monoisotopic (exact) mass is 481 g/mol. The van der Waals surface area contributed by atoms with Crippen LogP contribution in [0, 0.1) is 3.57 Å². The summed E-state index contributed by atoms with van der Waals surface area (Å²) >= 11 is 2.14. The number of halogens is 1. The lowest BCUT2D eigenvalue weighted by atomic mass is 9.99. The van der Waals surface area contributed by atoms with Crippen molar-refractivity contribution in [2.45, 2.75) is 6.10 Å². The van der Waals surface area contributed by atoms with Crippen molar-refractivity contribution < 1.29 is 14.3 Å². The van der Waals surface area contributed by atoms with Crippen LogP contribution in [0.2, 0.25) is 0 Å². The second-order valence-electron chi connectivity index (χ2n) is 6.32. The number of aromatic amines is 1. The molecule has 28 heavy (non-hydrogen) atoms. The maximum absolute atomic E-state index is 13.4. The molecule has 4 nitrogen and oxygen atoms in total. The molecule has 0 saturated heterocycles. The van der Waals surface area contributed by atoms with Gasteiger partial charge in [0.1, 0.15) is 0 Å². The van der Waals surface area contributed by atoms with Crippen LogP contribution in [0.15, 0.2) is 85.1 Å². The molecular formula is C23H16INO3. The van der Waals surface area contributed by atoms with E-state index < -0.39 is 12.1 Å². The van der Waals surface area contributed by atoms with Gasteiger partial charge in [0.05, 0.1) is 5.56 Å². The van der Waals surface area contributed by atoms with Gasteiger partial charge in [-0.05, 0) is 46.9 Å². The highest BCUT2D eigenvalue weighted by Gasteiger charge is 2.28. The Bertz CT molecular complexity index is 1150. The number of hydrogen-bond acceptors (Lipinski definition) is 3. The molecule has 0 aliphatic rings. The third kappa shape index (κ3) is 3.71. The van der Waals surface area contributed by atoms with Gasteiger partial charge >= 0.3 is 5.97 Å². The maximum Gasteiger partial charge on any atom is 0.339 e. The Morgan fingerprint density at radius 3 is 2.43 bits per heavy atom. The minimum atomic E-state index is -1.02. The van der Waals surface area contributed by atoms with Crippen molar-refractivity contribution in [1.82, 2.24) is 4.98 Å². The molecule has 1 aromatic heterocycles. The van der Waals surface area contributed by atoms with Gasteiger partial charge in [-0.1, -0.05) is 54.6 Å². The SMILES string of the molecule is O=C(O[C@H](C(=O)c1c[nH]c2ccccc12)c1ccccc1)c1cccc(I)c1. The van der Waals surface area contributed by atoms with Crippen LogP contribution in [0.5, 0.6) is 0 Å². The van der Waals surface area contributed by atoms with Crippen LogP contribution >= 0.6 is 22.6 Å². The lowest BCUT2D eigenvalue weighted by Gasteiger charge is -2.17. The molecule has 0 bridgehead atoms. The quantitative estimate of drug-likeness (QED) is 0.231. The summed E-state index contributed by atoms with van der Waals surface area (Å²) in [6.07, 6.45) is 0.646. The van der Waals surface area contributed by atoms with E-state index in [9.17, 15) is 9.59 Å². The summed E-state index contributed by atoms with van der Waals surface area (Å²) in [5.74, 6) is -0.789. The van der Waals surface area contributed by atoms with Crippen molar-refractivity contribution in [3.8, 4) is 0 Å². The molecule has 1 N–H and O–H groups in total. The van der Waals surface area contributed by atoms with E-state index in [4.69, 9.17) is 4.74 Å². The zero-order valence-corrected chi connectivity index (χ0v) is 16.9. The molecule has 4 rings (SSSR count). The van der Waals surface area contributed by atoms with E-state index in [1.54, 1.807) is 36.5 Å². The molecule has 0 unspecified atom stereocenters. The van der Waals surface area contributed by atoms with E-state index >= 15 is 0 Å². The summed E-state index contributed by atoms with van der Waals surface area (Å²) in [6, 6.07) is 23.8. The number of Topliss-reactive ketones (excluding diaryl/α,β-unsaturated/α-hetero) is 1. The lowest BCUT2D eigenvalue weighted by Crippen LogP contribution is -2.20. The number of ketones is 1. The number of fused-ring (bicyclic) bond motifs is 1. The molecule has 1 atom stereocenters. The molecule has 1 heterocycles. The van der Waals surface area contributed by atoms with Crippen molar-refractivity contribution in [2.24, 2.45) is 0 Å². The van der Waals surface area contributed by atoms with Crippen LogP contribution in [-0.4, -0.2) is 16.7 Å². The van der Waals surface area contributed by atoms with Gasteiger partial charge in [-0.15, -0.1) is 0 Å². The summed E-state index contributed by atoms with van der Waals surface area (Å²) in [6.45, 7) is 0. The van der Waals surface area contributed by atoms with Crippen LogP contribution in [0.1, 0.15) is 32.4 Å². The standard InChI is InChI=1S/C23H16INO3/c24-17-10-6-9-16(13-17)23(27)28-22(15-7-2-1-3-8-15)21(26)19-14-25-20-12-5-4-11-18(19)20/h1-14,22,25H/t22-/m0/s1. The molecule has 0 aliphatic heterocycles. The first kappa shape index (κ1) is 18.4. The minimum absolute atomic E-state index is 0.261. The Kier molecular flexibility index (Phi) is 5.25. The predicted octanol–water partition coefficient (Wildman–Crippen LogP) is 5.55. The number of carbonyl (C=O) groups is 2. The van der Waals surface area contributed by atoms with Gasteiger partial charge in [-0.3, -0.25) is 4.79 Å². The highest BCUT2D eigenvalue weighted by atomic mass is 127. The van der Waals surface area contributed by atoms with Crippen LogP contribution in [0.25, 0.3) is 10.9 Å². The smallest absolute Gasteiger partial charge is 0.339 e. The summed E-state index contributed by atoms with van der Waals surface area (Å²) in [5, 5.41) is 0.804. The summed E-state index contributed by atoms with van der Waals surface area (Å²) in [7, 11) is 0. The Morgan fingerprint density at radius 2 is 1.64 bits per heavy atom. The van der Waals surface area contributed by atoms with E-state index in [0.717, 1.165) is 14.5 Å². The number of esters is 1. The normalized spacial score (nSPS) is 11.9. The third-order valence-electron chi connectivity index (χ3n) is 4.48. The van der Waals surface area contributed by atoms with Crippen LogP contribution in [0.3, 0.4) is 0 Å². The molecule has 0 spiro atoms. The van der Waals surface area contributed by atoms with Crippen LogP contribution in [-0.2, 0) is 4.74 Å². The van der Waals surface area contributed by atoms with E-state index in [-0.39, 0.29) is 5.78 Å². The number of benzene rings is 3. The first-order valence-electron chi connectivity index (χ1n) is 8.75. The molecule has 138 valence electrons. The fraction of sp³-hybridized carbons (Fsp3) is 0.0435. The highest BCUT2D eigenvalue weighted by molar-refractivity contribution is 14.1. The molecule has 0 aliphatic carbocycles. The average Bonchev–Trinajstić information content (AvgIpc) is 3.16. The summed E-state index contributed by atoms with van der Waals surface area (Å²) in [4.78, 5) is 29.2. The van der Waals surface area contributed by atoms with E-state index in [1.807, 2.05) is 48.5 Å². The van der Waals surface area contributed by atoms with Gasteiger partial charge in [0.25, 0.3) is 0 Å². The van der Waals surface area contributed by atoms with Crippen molar-refractivity contribution in [1.29, 1.82) is 0 Å². The van der Waals surface area contributed by atoms with Crippen molar-refractivity contribution in [2.75, 3.05) is 0 Å². The number of H-pyrrole nitrogens is 1. The molecule has 4 aromatic rings. The van der Waals surface area contributed by atoms with Gasteiger partial charge in [0.2, 0.25) is 5.78 Å². The fourth-order valence-corrected chi connectivity index (χ4v) is 3.65. The highest BCUT2D eigenvalue weighted by Crippen LogP contribution is 2.28. The number of para-hydroxylation sites is 1. The van der Waals surface area contributed by atoms with Gasteiger partial charge in [0, 0.05) is 31.8 Å². The average molecular weight is 481 g/mol. The lowest BCUT2D eigenvalue weighted by molar-refractivity contribution is 0.0280. The Labute approximate surface area is 175 Å². The number of ether oxygens (including phenoxy) is 1. The van der Waals surface area contributed by atoms with Crippen LogP contribution < -0.4 is 0 Å². The number of nitrogens with one attached hydrogen (secondary N) is 1. The van der Waals surface area contributed by atoms with E-state index in [1.165, 1.54) is 0 Å². The number of hydrogen-bond donors (Lipinski definition) is 1. The first-order chi connectivity index (χ1) is 13.6. The van der Waals surface area contributed by atoms with Gasteiger partial charge in [0.15, 0.2) is 6.10 Å². The Balaban J connectivity index is 1.72. The molecule has 0 fully saturated rings. The largest absolute Gasteiger partial charge is 0.445 e.